The molecular formula is C18H13ClN6O3. The lowest BCUT2D eigenvalue weighted by Gasteiger charge is -2.16. The van der Waals surface area contributed by atoms with Crippen molar-refractivity contribution in [1.82, 2.24) is 19.9 Å². The Hall–Kier alpha value is -3.72. The second-order valence-corrected chi connectivity index (χ2v) is 6.38. The Balaban J connectivity index is 1.81. The van der Waals surface area contributed by atoms with Gasteiger partial charge in [0, 0.05) is 24.3 Å². The number of hydrogen-bond acceptors (Lipinski definition) is 6. The Morgan fingerprint density at radius 3 is 2.75 bits per heavy atom. The standard InChI is InChI=1S/C18H13ClN6O3/c19-14-13-12(6-11-5-10(7-22-11)17(27)28)16(26)25(15(13)24-18(20)23-14)8-9-1-3-21-4-2-9/h1-7,22H,8H2,(H,27,28)(H2,20,23,24)/b12-6+. The second kappa shape index (κ2) is 6.78. The fourth-order valence-corrected chi connectivity index (χ4v) is 3.21. The molecule has 1 aliphatic rings. The maximum atomic E-state index is 13.1. The van der Waals surface area contributed by atoms with E-state index in [-0.39, 0.29) is 34.7 Å². The third-order valence-electron chi connectivity index (χ3n) is 4.21. The Labute approximate surface area is 163 Å². The van der Waals surface area contributed by atoms with Crippen molar-refractivity contribution in [3.05, 3.63) is 64.3 Å². The molecule has 1 aliphatic heterocycles. The topological polar surface area (TPSA) is 138 Å². The van der Waals surface area contributed by atoms with Crippen LogP contribution in [0.2, 0.25) is 5.15 Å². The van der Waals surface area contributed by atoms with Gasteiger partial charge in [0.05, 0.1) is 23.2 Å². The summed E-state index contributed by atoms with van der Waals surface area (Å²) in [5, 5.41) is 9.12. The Morgan fingerprint density at radius 1 is 1.32 bits per heavy atom. The average Bonchev–Trinajstić information content (AvgIpc) is 3.22. The van der Waals surface area contributed by atoms with Crippen molar-refractivity contribution in [1.29, 1.82) is 0 Å². The third kappa shape index (κ3) is 3.08. The van der Waals surface area contributed by atoms with E-state index in [0.717, 1.165) is 5.56 Å². The number of aromatic carboxylic acids is 1. The quantitative estimate of drug-likeness (QED) is 0.454. The first-order valence-corrected chi connectivity index (χ1v) is 8.49. The van der Waals surface area contributed by atoms with Crippen LogP contribution in [0.5, 0.6) is 0 Å². The molecule has 0 fully saturated rings. The predicted molar refractivity (Wildman–Crippen MR) is 103 cm³/mol. The van der Waals surface area contributed by atoms with E-state index in [1.54, 1.807) is 24.5 Å². The summed E-state index contributed by atoms with van der Waals surface area (Å²) in [6.45, 7) is 0.240. The van der Waals surface area contributed by atoms with Crippen molar-refractivity contribution >= 4 is 46.9 Å². The summed E-state index contributed by atoms with van der Waals surface area (Å²) in [4.78, 5) is 40.6. The molecule has 1 amide bonds. The molecule has 0 bridgehead atoms. The zero-order valence-electron chi connectivity index (χ0n) is 14.3. The summed E-state index contributed by atoms with van der Waals surface area (Å²) < 4.78 is 0. The van der Waals surface area contributed by atoms with Gasteiger partial charge in [0.15, 0.2) is 5.82 Å². The minimum Gasteiger partial charge on any atom is -0.478 e. The van der Waals surface area contributed by atoms with Gasteiger partial charge in [-0.15, -0.1) is 0 Å². The van der Waals surface area contributed by atoms with Crippen LogP contribution < -0.4 is 10.6 Å². The van der Waals surface area contributed by atoms with Crippen LogP contribution in [-0.2, 0) is 11.3 Å². The molecule has 4 rings (SSSR count). The molecule has 0 aromatic carbocycles. The van der Waals surface area contributed by atoms with Gasteiger partial charge in [-0.05, 0) is 29.8 Å². The van der Waals surface area contributed by atoms with Gasteiger partial charge in [0.2, 0.25) is 5.95 Å². The largest absolute Gasteiger partial charge is 0.478 e. The Bertz CT molecular complexity index is 1130. The molecule has 0 radical (unpaired) electrons. The highest BCUT2D eigenvalue weighted by atomic mass is 35.5. The summed E-state index contributed by atoms with van der Waals surface area (Å²) >= 11 is 6.26. The normalized spacial score (nSPS) is 14.5. The fourth-order valence-electron chi connectivity index (χ4n) is 2.94. The summed E-state index contributed by atoms with van der Waals surface area (Å²) in [6.07, 6.45) is 6.11. The molecule has 9 nitrogen and oxygen atoms in total. The van der Waals surface area contributed by atoms with Gasteiger partial charge in [-0.3, -0.25) is 14.7 Å². The SMILES string of the molecule is Nc1nc(Cl)c2c(n1)N(Cc1ccncc1)C(=O)/C2=C/c1cc(C(=O)O)c[nH]1. The van der Waals surface area contributed by atoms with E-state index in [2.05, 4.69) is 19.9 Å². The first kappa shape index (κ1) is 17.7. The zero-order chi connectivity index (χ0) is 19.8. The highest BCUT2D eigenvalue weighted by Crippen LogP contribution is 2.41. The van der Waals surface area contributed by atoms with Crippen LogP contribution in [0.15, 0.2) is 36.8 Å². The van der Waals surface area contributed by atoms with Crippen LogP contribution >= 0.6 is 11.6 Å². The van der Waals surface area contributed by atoms with Crippen molar-refractivity contribution in [2.75, 3.05) is 10.6 Å². The third-order valence-corrected chi connectivity index (χ3v) is 4.48. The Morgan fingerprint density at radius 2 is 2.07 bits per heavy atom. The number of carbonyl (C=O) groups is 2. The molecule has 0 atom stereocenters. The molecule has 0 unspecified atom stereocenters. The van der Waals surface area contributed by atoms with E-state index < -0.39 is 5.97 Å². The highest BCUT2D eigenvalue weighted by Gasteiger charge is 2.37. The smallest absolute Gasteiger partial charge is 0.337 e. The molecule has 4 N–H and O–H groups in total. The number of anilines is 2. The van der Waals surface area contributed by atoms with E-state index in [0.29, 0.717) is 17.1 Å². The summed E-state index contributed by atoms with van der Waals surface area (Å²) in [5.41, 5.74) is 7.67. The van der Waals surface area contributed by atoms with Crippen molar-refractivity contribution in [2.45, 2.75) is 6.54 Å². The number of carboxylic acid groups (broad SMARTS) is 1. The fraction of sp³-hybridized carbons (Fsp3) is 0.0556. The lowest BCUT2D eigenvalue weighted by Crippen LogP contribution is -2.26. The molecule has 10 heteroatoms. The molecule has 0 saturated heterocycles. The van der Waals surface area contributed by atoms with E-state index in [9.17, 15) is 9.59 Å². The van der Waals surface area contributed by atoms with Crippen LogP contribution in [-0.4, -0.2) is 36.9 Å². The molecule has 0 saturated carbocycles. The van der Waals surface area contributed by atoms with E-state index >= 15 is 0 Å². The van der Waals surface area contributed by atoms with Gasteiger partial charge < -0.3 is 15.8 Å². The van der Waals surface area contributed by atoms with Gasteiger partial charge in [0.25, 0.3) is 5.91 Å². The minimum atomic E-state index is -1.08. The van der Waals surface area contributed by atoms with Gasteiger partial charge in [0.1, 0.15) is 5.15 Å². The number of halogens is 1. The molecular weight excluding hydrogens is 384 g/mol. The van der Waals surface area contributed by atoms with Crippen LogP contribution in [0, 0.1) is 0 Å². The number of aromatic nitrogens is 4. The van der Waals surface area contributed by atoms with Crippen LogP contribution in [0.1, 0.15) is 27.2 Å². The van der Waals surface area contributed by atoms with Gasteiger partial charge in [-0.1, -0.05) is 11.6 Å². The number of pyridine rings is 1. The first-order valence-electron chi connectivity index (χ1n) is 8.11. The lowest BCUT2D eigenvalue weighted by atomic mass is 10.1. The van der Waals surface area contributed by atoms with Crippen molar-refractivity contribution < 1.29 is 14.7 Å². The van der Waals surface area contributed by atoms with Gasteiger partial charge >= 0.3 is 5.97 Å². The molecule has 140 valence electrons. The number of nitrogen functional groups attached to an aromatic ring is 1. The number of hydrogen-bond donors (Lipinski definition) is 3. The summed E-state index contributed by atoms with van der Waals surface area (Å²) in [7, 11) is 0. The molecule has 4 heterocycles. The number of H-pyrrole nitrogens is 1. The van der Waals surface area contributed by atoms with Crippen LogP contribution in [0.4, 0.5) is 11.8 Å². The van der Waals surface area contributed by atoms with E-state index in [1.165, 1.54) is 23.2 Å². The number of fused-ring (bicyclic) bond motifs is 1. The molecule has 28 heavy (non-hydrogen) atoms. The number of carbonyl (C=O) groups excluding carboxylic acids is 1. The minimum absolute atomic E-state index is 0.0457. The second-order valence-electron chi connectivity index (χ2n) is 6.02. The van der Waals surface area contributed by atoms with Crippen molar-refractivity contribution in [2.24, 2.45) is 0 Å². The molecule has 0 aliphatic carbocycles. The number of aromatic amines is 1. The lowest BCUT2D eigenvalue weighted by molar-refractivity contribution is -0.113. The van der Waals surface area contributed by atoms with Crippen LogP contribution in [0.25, 0.3) is 11.6 Å². The number of nitrogens with two attached hydrogens (primary N) is 1. The monoisotopic (exact) mass is 396 g/mol. The number of amides is 1. The predicted octanol–water partition coefficient (Wildman–Crippen LogP) is 2.22. The van der Waals surface area contributed by atoms with Crippen LogP contribution in [0.3, 0.4) is 0 Å². The molecule has 3 aromatic heterocycles. The summed E-state index contributed by atoms with van der Waals surface area (Å²) in [5.74, 6) is -1.17. The highest BCUT2D eigenvalue weighted by molar-refractivity contribution is 6.41. The Kier molecular flexibility index (Phi) is 4.28. The maximum absolute atomic E-state index is 13.1. The van der Waals surface area contributed by atoms with E-state index in [4.69, 9.17) is 22.4 Å². The van der Waals surface area contributed by atoms with Crippen molar-refractivity contribution in [3.8, 4) is 0 Å². The average molecular weight is 397 g/mol. The van der Waals surface area contributed by atoms with Gasteiger partial charge in [-0.2, -0.15) is 4.98 Å². The molecule has 0 spiro atoms. The first-order chi connectivity index (χ1) is 13.4. The zero-order valence-corrected chi connectivity index (χ0v) is 15.0. The van der Waals surface area contributed by atoms with Gasteiger partial charge in [-0.25, -0.2) is 9.78 Å². The molecule has 3 aromatic rings. The number of nitrogens with zero attached hydrogens (tertiary/aromatic N) is 4. The maximum Gasteiger partial charge on any atom is 0.337 e. The van der Waals surface area contributed by atoms with E-state index in [1.807, 2.05) is 0 Å². The van der Waals surface area contributed by atoms with Crippen molar-refractivity contribution in [3.63, 3.8) is 0 Å². The number of rotatable bonds is 4. The summed E-state index contributed by atoms with van der Waals surface area (Å²) in [6, 6.07) is 4.98. The number of carboxylic acids is 1. The number of nitrogens with one attached hydrogen (secondary N) is 1.